The number of nitrogens with zero attached hydrogens (tertiary/aromatic N) is 1. The fraction of sp³-hybridized carbons (Fsp3) is 0.259. The first-order valence-corrected chi connectivity index (χ1v) is 10.6. The van der Waals surface area contributed by atoms with E-state index >= 15 is 0 Å². The highest BCUT2D eigenvalue weighted by atomic mass is 16.5. The Morgan fingerprint density at radius 3 is 2.61 bits per heavy atom. The first-order valence-electron chi connectivity index (χ1n) is 10.6. The van der Waals surface area contributed by atoms with Gasteiger partial charge in [0.05, 0.1) is 7.11 Å². The number of pyridine rings is 1. The van der Waals surface area contributed by atoms with Gasteiger partial charge in [-0.2, -0.15) is 0 Å². The van der Waals surface area contributed by atoms with Crippen LogP contribution in [0.4, 0.5) is 0 Å². The van der Waals surface area contributed by atoms with E-state index in [-0.39, 0.29) is 11.3 Å². The van der Waals surface area contributed by atoms with Gasteiger partial charge >= 0.3 is 0 Å². The van der Waals surface area contributed by atoms with Crippen molar-refractivity contribution in [3.05, 3.63) is 101 Å². The quantitative estimate of drug-likeness (QED) is 0.456. The second-order valence-electron chi connectivity index (χ2n) is 8.69. The largest absolute Gasteiger partial charge is 0.497 e. The number of ether oxygens (including phenoxy) is 1. The molecule has 0 bridgehead atoms. The van der Waals surface area contributed by atoms with Crippen LogP contribution in [-0.4, -0.2) is 23.4 Å². The Morgan fingerprint density at radius 2 is 1.84 bits per heavy atom. The van der Waals surface area contributed by atoms with E-state index in [1.807, 2.05) is 54.9 Å². The van der Waals surface area contributed by atoms with Crippen LogP contribution >= 0.6 is 0 Å². The molecule has 0 saturated carbocycles. The number of carbonyl (C=O) groups excluding carboxylic acids is 1. The van der Waals surface area contributed by atoms with Crippen molar-refractivity contribution in [3.8, 4) is 5.75 Å². The minimum absolute atomic E-state index is 0.000249. The molecule has 0 radical (unpaired) electrons. The maximum atomic E-state index is 13.2. The molecule has 31 heavy (non-hydrogen) atoms. The van der Waals surface area contributed by atoms with E-state index in [9.17, 15) is 4.79 Å². The highest BCUT2D eigenvalue weighted by Gasteiger charge is 2.28. The van der Waals surface area contributed by atoms with Crippen LogP contribution < -0.4 is 10.1 Å². The summed E-state index contributed by atoms with van der Waals surface area (Å²) in [6, 6.07) is 18.1. The molecule has 0 amide bonds. The van der Waals surface area contributed by atoms with E-state index in [2.05, 4.69) is 36.3 Å². The van der Waals surface area contributed by atoms with Crippen molar-refractivity contribution in [2.75, 3.05) is 7.11 Å². The summed E-state index contributed by atoms with van der Waals surface area (Å²) in [5.74, 6) is 0.788. The summed E-state index contributed by atoms with van der Waals surface area (Å²) in [5, 5.41) is 3.54. The van der Waals surface area contributed by atoms with Crippen molar-refractivity contribution >= 4 is 11.5 Å². The molecule has 0 aliphatic carbocycles. The molecule has 0 saturated heterocycles. The van der Waals surface area contributed by atoms with Crippen molar-refractivity contribution in [2.45, 2.75) is 38.6 Å². The summed E-state index contributed by atoms with van der Waals surface area (Å²) >= 11 is 0. The van der Waals surface area contributed by atoms with Gasteiger partial charge in [0.15, 0.2) is 5.78 Å². The molecule has 0 spiro atoms. The zero-order valence-electron chi connectivity index (χ0n) is 18.3. The maximum Gasteiger partial charge on any atom is 0.187 e. The van der Waals surface area contributed by atoms with Gasteiger partial charge in [0, 0.05) is 40.8 Å². The summed E-state index contributed by atoms with van der Waals surface area (Å²) in [7, 11) is 1.66. The third-order valence-corrected chi connectivity index (χ3v) is 5.65. The number of ketones is 1. The van der Waals surface area contributed by atoms with E-state index in [4.69, 9.17) is 4.74 Å². The minimum Gasteiger partial charge on any atom is -0.497 e. The number of aryl methyl sites for hydroxylation is 2. The number of allylic oxidation sites excluding steroid dienone is 1. The van der Waals surface area contributed by atoms with Gasteiger partial charge in [0.2, 0.25) is 0 Å². The molecule has 4 heteroatoms. The average Bonchev–Trinajstić information content (AvgIpc) is 2.77. The van der Waals surface area contributed by atoms with Gasteiger partial charge in [-0.3, -0.25) is 9.78 Å². The predicted molar refractivity (Wildman–Crippen MR) is 124 cm³/mol. The van der Waals surface area contributed by atoms with Crippen molar-refractivity contribution in [3.63, 3.8) is 0 Å². The molecule has 2 aromatic carbocycles. The van der Waals surface area contributed by atoms with Gasteiger partial charge in [-0.15, -0.1) is 0 Å². The fourth-order valence-corrected chi connectivity index (χ4v) is 4.09. The van der Waals surface area contributed by atoms with E-state index in [0.717, 1.165) is 41.8 Å². The summed E-state index contributed by atoms with van der Waals surface area (Å²) in [5.41, 5.74) is 6.07. The van der Waals surface area contributed by atoms with Gasteiger partial charge in [0.1, 0.15) is 5.75 Å². The molecule has 0 atom stereocenters. The van der Waals surface area contributed by atoms with Crippen LogP contribution in [0.2, 0.25) is 0 Å². The van der Waals surface area contributed by atoms with Crippen LogP contribution in [0.5, 0.6) is 5.75 Å². The lowest BCUT2D eigenvalue weighted by atomic mass is 9.85. The molecule has 4 rings (SSSR count). The van der Waals surface area contributed by atoms with Gasteiger partial charge in [-0.25, -0.2) is 0 Å². The molecule has 0 fully saturated rings. The topological polar surface area (TPSA) is 51.2 Å². The number of hydrogen-bond acceptors (Lipinski definition) is 4. The Labute approximate surface area is 184 Å². The zero-order valence-corrected chi connectivity index (χ0v) is 18.3. The number of benzene rings is 2. The Balaban J connectivity index is 1.58. The average molecular weight is 413 g/mol. The molecule has 2 heterocycles. The van der Waals surface area contributed by atoms with E-state index in [0.29, 0.717) is 5.56 Å². The molecule has 1 aliphatic rings. The second kappa shape index (κ2) is 8.76. The first-order chi connectivity index (χ1) is 14.9. The van der Waals surface area contributed by atoms with E-state index in [1.165, 1.54) is 11.1 Å². The number of fused-ring (bicyclic) bond motifs is 1. The minimum atomic E-state index is -0.125. The number of methoxy groups -OCH3 is 1. The van der Waals surface area contributed by atoms with Crippen LogP contribution in [0.15, 0.2) is 73.1 Å². The molecule has 1 N–H and O–H groups in total. The van der Waals surface area contributed by atoms with Gasteiger partial charge in [-0.1, -0.05) is 24.3 Å². The van der Waals surface area contributed by atoms with Gasteiger partial charge < -0.3 is 10.1 Å². The zero-order chi connectivity index (χ0) is 21.8. The van der Waals surface area contributed by atoms with Crippen LogP contribution in [0.1, 0.15) is 46.5 Å². The lowest BCUT2D eigenvalue weighted by Crippen LogP contribution is -2.43. The standard InChI is InChI=1S/C27H28N2O2/c1-27(2)18-22-9-10-23(31-3)16-24(22)25(29-27)17-26(30)21-6-4-5-20(15-21)8-7-19-11-13-28-14-12-19/h4-6,9-17,29H,7-8,18H2,1-3H3. The second-order valence-corrected chi connectivity index (χ2v) is 8.69. The molecule has 158 valence electrons. The number of aromatic nitrogens is 1. The molecule has 0 unspecified atom stereocenters. The maximum absolute atomic E-state index is 13.2. The van der Waals surface area contributed by atoms with E-state index < -0.39 is 0 Å². The number of carbonyl (C=O) groups is 1. The van der Waals surface area contributed by atoms with Crippen LogP contribution in [0, 0.1) is 0 Å². The van der Waals surface area contributed by atoms with Crippen molar-refractivity contribution < 1.29 is 9.53 Å². The van der Waals surface area contributed by atoms with Crippen molar-refractivity contribution in [1.29, 1.82) is 0 Å². The normalized spacial score (nSPS) is 15.8. The highest BCUT2D eigenvalue weighted by molar-refractivity contribution is 6.08. The first kappa shape index (κ1) is 20.9. The Hall–Kier alpha value is -3.40. The molecular formula is C27H28N2O2. The van der Waals surface area contributed by atoms with E-state index in [1.54, 1.807) is 13.2 Å². The lowest BCUT2D eigenvalue weighted by Gasteiger charge is -2.35. The molecule has 4 nitrogen and oxygen atoms in total. The molecule has 1 aromatic heterocycles. The smallest absolute Gasteiger partial charge is 0.187 e. The Bertz CT molecular complexity index is 1120. The molecule has 3 aromatic rings. The molecule has 1 aliphatic heterocycles. The highest BCUT2D eigenvalue weighted by Crippen LogP contribution is 2.32. The van der Waals surface area contributed by atoms with Crippen LogP contribution in [0.25, 0.3) is 5.70 Å². The number of rotatable bonds is 6. The summed E-state index contributed by atoms with van der Waals surface area (Å²) < 4.78 is 5.41. The predicted octanol–water partition coefficient (Wildman–Crippen LogP) is 5.02. The van der Waals surface area contributed by atoms with Crippen LogP contribution in [0.3, 0.4) is 0 Å². The summed E-state index contributed by atoms with van der Waals surface area (Å²) in [4.78, 5) is 17.2. The summed E-state index contributed by atoms with van der Waals surface area (Å²) in [6.07, 6.45) is 8.04. The SMILES string of the molecule is COc1ccc2c(c1)C(=CC(=O)c1cccc(CCc3ccncc3)c1)NC(C)(C)C2. The number of hydrogen-bond donors (Lipinski definition) is 1. The van der Waals surface area contributed by atoms with Crippen molar-refractivity contribution in [2.24, 2.45) is 0 Å². The summed E-state index contributed by atoms with van der Waals surface area (Å²) in [6.45, 7) is 4.30. The monoisotopic (exact) mass is 412 g/mol. The Kier molecular flexibility index (Phi) is 5.90. The van der Waals surface area contributed by atoms with Gasteiger partial charge in [-0.05, 0) is 80.1 Å². The molecular weight excluding hydrogens is 384 g/mol. The third kappa shape index (κ3) is 5.02. The number of nitrogens with one attached hydrogen (secondary N) is 1. The van der Waals surface area contributed by atoms with Gasteiger partial charge in [0.25, 0.3) is 0 Å². The fourth-order valence-electron chi connectivity index (χ4n) is 4.09. The van der Waals surface area contributed by atoms with Crippen molar-refractivity contribution in [1.82, 2.24) is 10.3 Å². The van der Waals surface area contributed by atoms with Crippen LogP contribution in [-0.2, 0) is 19.3 Å². The third-order valence-electron chi connectivity index (χ3n) is 5.65. The lowest BCUT2D eigenvalue weighted by molar-refractivity contribution is 0.104. The Morgan fingerprint density at radius 1 is 1.06 bits per heavy atom.